The molecule has 1 amide bonds. The molecule has 26 heavy (non-hydrogen) atoms. The first-order valence-corrected chi connectivity index (χ1v) is 9.49. The molecule has 0 aliphatic heterocycles. The fourth-order valence-electron chi connectivity index (χ4n) is 2.27. The van der Waals surface area contributed by atoms with Crippen molar-refractivity contribution in [2.75, 3.05) is 25.5 Å². The van der Waals surface area contributed by atoms with Crippen LogP contribution in [0.15, 0.2) is 47.4 Å². The van der Waals surface area contributed by atoms with Crippen molar-refractivity contribution < 1.29 is 22.3 Å². The lowest BCUT2D eigenvalue weighted by Gasteiger charge is -2.21. The van der Waals surface area contributed by atoms with E-state index in [1.807, 2.05) is 0 Å². The van der Waals surface area contributed by atoms with Crippen LogP contribution in [0.2, 0.25) is 5.02 Å². The van der Waals surface area contributed by atoms with Crippen LogP contribution in [0, 0.1) is 5.82 Å². The Morgan fingerprint density at radius 2 is 1.96 bits per heavy atom. The Kier molecular flexibility index (Phi) is 6.57. The van der Waals surface area contributed by atoms with Gasteiger partial charge < -0.3 is 10.1 Å². The number of para-hydroxylation sites is 1. The van der Waals surface area contributed by atoms with E-state index in [1.54, 1.807) is 31.2 Å². The minimum atomic E-state index is -4.14. The first-order chi connectivity index (χ1) is 12.3. The molecule has 0 radical (unpaired) electrons. The highest BCUT2D eigenvalue weighted by Gasteiger charge is 2.29. The normalized spacial score (nSPS) is 11.4. The maximum Gasteiger partial charge on any atom is 0.247 e. The Morgan fingerprint density at radius 1 is 1.27 bits per heavy atom. The predicted octanol–water partition coefficient (Wildman–Crippen LogP) is 3.14. The van der Waals surface area contributed by atoms with Crippen molar-refractivity contribution in [3.05, 3.63) is 53.3 Å². The molecular formula is C17H18ClFN2O4S. The van der Waals surface area contributed by atoms with Gasteiger partial charge in [-0.3, -0.25) is 4.79 Å². The predicted molar refractivity (Wildman–Crippen MR) is 97.5 cm³/mol. The summed E-state index contributed by atoms with van der Waals surface area (Å²) in [6.07, 6.45) is 0. The highest BCUT2D eigenvalue weighted by Crippen LogP contribution is 2.27. The number of methoxy groups -OCH3 is 1. The van der Waals surface area contributed by atoms with E-state index >= 15 is 0 Å². The van der Waals surface area contributed by atoms with E-state index < -0.39 is 28.3 Å². The van der Waals surface area contributed by atoms with Crippen molar-refractivity contribution in [2.45, 2.75) is 11.8 Å². The Morgan fingerprint density at radius 3 is 2.58 bits per heavy atom. The zero-order valence-corrected chi connectivity index (χ0v) is 15.8. The van der Waals surface area contributed by atoms with E-state index in [2.05, 4.69) is 5.32 Å². The van der Waals surface area contributed by atoms with Crippen LogP contribution in [0.5, 0.6) is 5.75 Å². The van der Waals surface area contributed by atoms with Crippen LogP contribution in [0.25, 0.3) is 0 Å². The molecule has 0 spiro atoms. The molecule has 0 saturated carbocycles. The van der Waals surface area contributed by atoms with E-state index in [4.69, 9.17) is 16.3 Å². The Balaban J connectivity index is 2.26. The fourth-order valence-corrected chi connectivity index (χ4v) is 4.03. The number of hydrogen-bond acceptors (Lipinski definition) is 4. The number of carbonyl (C=O) groups is 1. The van der Waals surface area contributed by atoms with Crippen LogP contribution in [-0.4, -0.2) is 38.8 Å². The number of sulfonamides is 1. The number of hydrogen-bond donors (Lipinski definition) is 1. The zero-order chi connectivity index (χ0) is 19.3. The van der Waals surface area contributed by atoms with Gasteiger partial charge in [-0.2, -0.15) is 4.31 Å². The molecule has 1 N–H and O–H groups in total. The minimum absolute atomic E-state index is 0.00337. The fraction of sp³-hybridized carbons (Fsp3) is 0.235. The zero-order valence-electron chi connectivity index (χ0n) is 14.2. The van der Waals surface area contributed by atoms with Gasteiger partial charge in [0.15, 0.2) is 0 Å². The largest absolute Gasteiger partial charge is 0.495 e. The lowest BCUT2D eigenvalue weighted by atomic mass is 10.3. The lowest BCUT2D eigenvalue weighted by Crippen LogP contribution is -2.38. The average molecular weight is 401 g/mol. The summed E-state index contributed by atoms with van der Waals surface area (Å²) in [4.78, 5) is 11.9. The van der Waals surface area contributed by atoms with Gasteiger partial charge in [0.05, 0.1) is 24.4 Å². The number of carbonyl (C=O) groups excluding carboxylic acids is 1. The SMILES string of the molecule is CCN(CC(=O)Nc1ccccc1Cl)S(=O)(=O)c1cc(F)ccc1OC. The summed E-state index contributed by atoms with van der Waals surface area (Å²) in [6.45, 7) is 1.13. The van der Waals surface area contributed by atoms with Crippen LogP contribution in [-0.2, 0) is 14.8 Å². The molecule has 0 aliphatic carbocycles. The first kappa shape index (κ1) is 20.2. The second-order valence-electron chi connectivity index (χ2n) is 5.25. The van der Waals surface area contributed by atoms with Gasteiger partial charge >= 0.3 is 0 Å². The summed E-state index contributed by atoms with van der Waals surface area (Å²) in [7, 11) is -2.85. The molecule has 0 aliphatic rings. The molecule has 2 rings (SSSR count). The number of nitrogens with one attached hydrogen (secondary N) is 1. The molecule has 140 valence electrons. The molecule has 9 heteroatoms. The third-order valence-electron chi connectivity index (χ3n) is 3.56. The summed E-state index contributed by atoms with van der Waals surface area (Å²) in [5, 5.41) is 2.89. The number of ether oxygens (including phenoxy) is 1. The first-order valence-electron chi connectivity index (χ1n) is 7.67. The molecule has 0 saturated heterocycles. The molecule has 2 aromatic carbocycles. The number of benzene rings is 2. The lowest BCUT2D eigenvalue weighted by molar-refractivity contribution is -0.116. The van der Waals surface area contributed by atoms with Crippen LogP contribution >= 0.6 is 11.6 Å². The van der Waals surface area contributed by atoms with Gasteiger partial charge in [0.2, 0.25) is 15.9 Å². The highest BCUT2D eigenvalue weighted by molar-refractivity contribution is 7.89. The monoisotopic (exact) mass is 400 g/mol. The maximum atomic E-state index is 13.5. The van der Waals surface area contributed by atoms with Crippen molar-refractivity contribution in [3.63, 3.8) is 0 Å². The number of amides is 1. The quantitative estimate of drug-likeness (QED) is 0.774. The van der Waals surface area contributed by atoms with E-state index in [0.29, 0.717) is 10.7 Å². The summed E-state index contributed by atoms with van der Waals surface area (Å²) in [6, 6.07) is 9.77. The number of halogens is 2. The second-order valence-corrected chi connectivity index (χ2v) is 7.57. The van der Waals surface area contributed by atoms with Crippen LogP contribution in [0.4, 0.5) is 10.1 Å². The highest BCUT2D eigenvalue weighted by atomic mass is 35.5. The molecule has 0 bridgehead atoms. The number of anilines is 1. The maximum absolute atomic E-state index is 13.5. The molecule has 0 aromatic heterocycles. The number of likely N-dealkylation sites (N-methyl/N-ethyl adjacent to an activating group) is 1. The van der Waals surface area contributed by atoms with Crippen LogP contribution in [0.3, 0.4) is 0 Å². The van der Waals surface area contributed by atoms with Gasteiger partial charge in [-0.25, -0.2) is 12.8 Å². The molecule has 0 atom stereocenters. The third-order valence-corrected chi connectivity index (χ3v) is 5.84. The van der Waals surface area contributed by atoms with Crippen molar-refractivity contribution >= 4 is 33.2 Å². The van der Waals surface area contributed by atoms with Gasteiger partial charge in [0, 0.05) is 6.54 Å². The van der Waals surface area contributed by atoms with Crippen molar-refractivity contribution in [1.82, 2.24) is 4.31 Å². The average Bonchev–Trinajstić information content (AvgIpc) is 2.61. The van der Waals surface area contributed by atoms with E-state index in [-0.39, 0.29) is 17.2 Å². The van der Waals surface area contributed by atoms with Gasteiger partial charge in [-0.15, -0.1) is 0 Å². The summed E-state index contributed by atoms with van der Waals surface area (Å²) < 4.78 is 45.1. The minimum Gasteiger partial charge on any atom is -0.495 e. The van der Waals surface area contributed by atoms with Gasteiger partial charge in [0.25, 0.3) is 0 Å². The smallest absolute Gasteiger partial charge is 0.247 e. The Labute approximate surface area is 156 Å². The molecular weight excluding hydrogens is 383 g/mol. The number of rotatable bonds is 7. The molecule has 6 nitrogen and oxygen atoms in total. The van der Waals surface area contributed by atoms with E-state index in [0.717, 1.165) is 16.4 Å². The van der Waals surface area contributed by atoms with Crippen LogP contribution in [0.1, 0.15) is 6.92 Å². The standard InChI is InChI=1S/C17H18ClFN2O4S/c1-3-21(11-17(22)20-14-7-5-4-6-13(14)18)26(23,24)16-10-12(19)8-9-15(16)25-2/h4-10H,3,11H2,1-2H3,(H,20,22). The second kappa shape index (κ2) is 8.48. The van der Waals surface area contributed by atoms with E-state index in [1.165, 1.54) is 13.2 Å². The molecule has 0 heterocycles. The Hall–Kier alpha value is -2.16. The van der Waals surface area contributed by atoms with Gasteiger partial charge in [0.1, 0.15) is 16.5 Å². The van der Waals surface area contributed by atoms with E-state index in [9.17, 15) is 17.6 Å². The van der Waals surface area contributed by atoms with Gasteiger partial charge in [-0.05, 0) is 30.3 Å². The molecule has 0 unspecified atom stereocenters. The van der Waals surface area contributed by atoms with Crippen molar-refractivity contribution in [2.24, 2.45) is 0 Å². The van der Waals surface area contributed by atoms with Crippen molar-refractivity contribution in [3.8, 4) is 5.75 Å². The summed E-state index contributed by atoms with van der Waals surface area (Å²) >= 11 is 5.98. The Bertz CT molecular complexity index is 905. The third kappa shape index (κ3) is 4.51. The topological polar surface area (TPSA) is 75.7 Å². The molecule has 0 fully saturated rings. The molecule has 2 aromatic rings. The summed E-state index contributed by atoms with van der Waals surface area (Å²) in [5.74, 6) is -1.30. The summed E-state index contributed by atoms with van der Waals surface area (Å²) in [5.41, 5.74) is 0.371. The number of nitrogens with zero attached hydrogens (tertiary/aromatic N) is 1. The van der Waals surface area contributed by atoms with Crippen LogP contribution < -0.4 is 10.1 Å². The van der Waals surface area contributed by atoms with Crippen molar-refractivity contribution in [1.29, 1.82) is 0 Å². The van der Waals surface area contributed by atoms with Gasteiger partial charge in [-0.1, -0.05) is 30.7 Å².